The number of hydrogen-bond donors (Lipinski definition) is 1. The minimum Gasteiger partial charge on any atom is -0.506 e. The lowest BCUT2D eigenvalue weighted by molar-refractivity contribution is 0.480. The number of pyridine rings is 1. The Balaban J connectivity index is 2.92. The first kappa shape index (κ1) is 8.97. The minimum absolute atomic E-state index is 0.200. The van der Waals surface area contributed by atoms with Gasteiger partial charge in [-0.2, -0.15) is 0 Å². The second-order valence-electron chi connectivity index (χ2n) is 2.62. The van der Waals surface area contributed by atoms with Crippen molar-refractivity contribution in [3.05, 3.63) is 33.3 Å². The van der Waals surface area contributed by atoms with Crippen molar-refractivity contribution in [1.29, 1.82) is 0 Å². The summed E-state index contributed by atoms with van der Waals surface area (Å²) in [6, 6.07) is 5.32. The van der Waals surface area contributed by atoms with Crippen LogP contribution in [0.25, 0.3) is 10.9 Å². The summed E-state index contributed by atoms with van der Waals surface area (Å²) in [7, 11) is 0. The summed E-state index contributed by atoms with van der Waals surface area (Å²) >= 11 is 6.72. The maximum absolute atomic E-state index is 9.49. The number of benzene rings is 1. The topological polar surface area (TPSA) is 33.1 Å². The van der Waals surface area contributed by atoms with Gasteiger partial charge in [0.15, 0.2) is 0 Å². The van der Waals surface area contributed by atoms with Crippen LogP contribution in [-0.4, -0.2) is 10.1 Å². The molecule has 0 radical (unpaired) electrons. The van der Waals surface area contributed by atoms with Crippen molar-refractivity contribution in [2.24, 2.45) is 0 Å². The highest BCUT2D eigenvalue weighted by Gasteiger charge is 2.04. The standard InChI is InChI=1S/C9H5Br2NO/c10-5-3-6-7(11)1-2-8(13)9(6)12-4-5/h1-4,13H. The zero-order valence-corrected chi connectivity index (χ0v) is 9.63. The summed E-state index contributed by atoms with van der Waals surface area (Å²) < 4.78 is 1.82. The van der Waals surface area contributed by atoms with Gasteiger partial charge in [0.25, 0.3) is 0 Å². The second kappa shape index (κ2) is 3.27. The van der Waals surface area contributed by atoms with E-state index in [1.807, 2.05) is 6.07 Å². The average Bonchev–Trinajstić information content (AvgIpc) is 2.12. The molecule has 0 saturated carbocycles. The molecule has 0 saturated heterocycles. The molecule has 2 rings (SSSR count). The predicted octanol–water partition coefficient (Wildman–Crippen LogP) is 3.47. The first-order chi connectivity index (χ1) is 6.18. The van der Waals surface area contributed by atoms with Crippen LogP contribution in [0.3, 0.4) is 0 Å². The van der Waals surface area contributed by atoms with Crippen LogP contribution in [0.2, 0.25) is 0 Å². The highest BCUT2D eigenvalue weighted by Crippen LogP contribution is 2.30. The van der Waals surface area contributed by atoms with Crippen LogP contribution in [0.15, 0.2) is 33.3 Å². The molecule has 0 spiro atoms. The summed E-state index contributed by atoms with van der Waals surface area (Å²) in [5.41, 5.74) is 0.609. The number of aromatic hydroxyl groups is 1. The van der Waals surface area contributed by atoms with Crippen molar-refractivity contribution in [3.63, 3.8) is 0 Å². The lowest BCUT2D eigenvalue weighted by Crippen LogP contribution is -1.80. The highest BCUT2D eigenvalue weighted by atomic mass is 79.9. The summed E-state index contributed by atoms with van der Waals surface area (Å²) in [6.07, 6.45) is 1.66. The van der Waals surface area contributed by atoms with E-state index in [1.165, 1.54) is 0 Å². The van der Waals surface area contributed by atoms with E-state index in [9.17, 15) is 5.11 Å². The molecule has 0 bridgehead atoms. The van der Waals surface area contributed by atoms with E-state index in [4.69, 9.17) is 0 Å². The molecule has 66 valence electrons. The van der Waals surface area contributed by atoms with Gasteiger partial charge in [0.05, 0.1) is 0 Å². The van der Waals surface area contributed by atoms with Gasteiger partial charge in [-0.1, -0.05) is 15.9 Å². The van der Waals surface area contributed by atoms with Gasteiger partial charge >= 0.3 is 0 Å². The third kappa shape index (κ3) is 1.56. The van der Waals surface area contributed by atoms with Crippen molar-refractivity contribution >= 4 is 42.8 Å². The normalized spacial score (nSPS) is 10.6. The largest absolute Gasteiger partial charge is 0.506 e. The molecule has 1 aromatic heterocycles. The first-order valence-corrected chi connectivity index (χ1v) is 5.20. The number of aromatic nitrogens is 1. The summed E-state index contributed by atoms with van der Waals surface area (Å²) in [4.78, 5) is 4.11. The number of fused-ring (bicyclic) bond motifs is 1. The lowest BCUT2D eigenvalue weighted by Gasteiger charge is -2.02. The highest BCUT2D eigenvalue weighted by molar-refractivity contribution is 9.11. The van der Waals surface area contributed by atoms with E-state index in [2.05, 4.69) is 36.8 Å². The van der Waals surface area contributed by atoms with Crippen molar-refractivity contribution in [2.45, 2.75) is 0 Å². The molecule has 0 aliphatic carbocycles. The van der Waals surface area contributed by atoms with E-state index in [0.29, 0.717) is 5.52 Å². The lowest BCUT2D eigenvalue weighted by atomic mass is 10.2. The Hall–Kier alpha value is -0.610. The monoisotopic (exact) mass is 301 g/mol. The van der Waals surface area contributed by atoms with Gasteiger partial charge in [-0.25, -0.2) is 0 Å². The van der Waals surface area contributed by atoms with Gasteiger partial charge in [-0.15, -0.1) is 0 Å². The van der Waals surface area contributed by atoms with Crippen LogP contribution in [0.5, 0.6) is 5.75 Å². The Morgan fingerprint density at radius 3 is 2.77 bits per heavy atom. The molecule has 0 amide bonds. The third-order valence-corrected chi connectivity index (χ3v) is 2.87. The average molecular weight is 303 g/mol. The van der Waals surface area contributed by atoms with Gasteiger partial charge in [-0.3, -0.25) is 4.98 Å². The zero-order valence-electron chi connectivity index (χ0n) is 6.46. The van der Waals surface area contributed by atoms with Crippen LogP contribution in [0, 0.1) is 0 Å². The molecule has 2 nitrogen and oxygen atoms in total. The van der Waals surface area contributed by atoms with E-state index < -0.39 is 0 Å². The second-order valence-corrected chi connectivity index (χ2v) is 4.39. The molecule has 2 aromatic rings. The maximum atomic E-state index is 9.49. The summed E-state index contributed by atoms with van der Waals surface area (Å²) in [5, 5.41) is 10.4. The smallest absolute Gasteiger partial charge is 0.141 e. The Labute approximate surface area is 91.9 Å². The van der Waals surface area contributed by atoms with Crippen LogP contribution in [-0.2, 0) is 0 Å². The fraction of sp³-hybridized carbons (Fsp3) is 0. The Bertz CT molecular complexity index is 470. The van der Waals surface area contributed by atoms with Crippen LogP contribution in [0.1, 0.15) is 0 Å². The number of halogens is 2. The van der Waals surface area contributed by atoms with E-state index in [-0.39, 0.29) is 5.75 Å². The Kier molecular flexibility index (Phi) is 2.26. The molecule has 1 N–H and O–H groups in total. The van der Waals surface area contributed by atoms with Crippen molar-refractivity contribution in [3.8, 4) is 5.75 Å². The van der Waals surface area contributed by atoms with Crippen molar-refractivity contribution < 1.29 is 5.11 Å². The molecule has 13 heavy (non-hydrogen) atoms. The molecular weight excluding hydrogens is 298 g/mol. The molecule has 0 fully saturated rings. The Morgan fingerprint density at radius 2 is 2.00 bits per heavy atom. The fourth-order valence-corrected chi connectivity index (χ4v) is 1.91. The van der Waals surface area contributed by atoms with E-state index >= 15 is 0 Å². The molecule has 4 heteroatoms. The molecular formula is C9H5Br2NO. The molecule has 0 atom stereocenters. The molecule has 1 aromatic carbocycles. The van der Waals surface area contributed by atoms with Crippen LogP contribution < -0.4 is 0 Å². The summed E-state index contributed by atoms with van der Waals surface area (Å²) in [5.74, 6) is 0.200. The SMILES string of the molecule is Oc1ccc(Br)c2cc(Br)cnc12. The first-order valence-electron chi connectivity index (χ1n) is 3.61. The van der Waals surface area contributed by atoms with Gasteiger partial charge < -0.3 is 5.11 Å². The van der Waals surface area contributed by atoms with Gasteiger partial charge in [0.2, 0.25) is 0 Å². The van der Waals surface area contributed by atoms with Crippen molar-refractivity contribution in [2.75, 3.05) is 0 Å². The summed E-state index contributed by atoms with van der Waals surface area (Å²) in [6.45, 7) is 0. The molecule has 1 heterocycles. The minimum atomic E-state index is 0.200. The number of hydrogen-bond acceptors (Lipinski definition) is 2. The zero-order chi connectivity index (χ0) is 9.42. The van der Waals surface area contributed by atoms with E-state index in [1.54, 1.807) is 18.3 Å². The van der Waals surface area contributed by atoms with Crippen molar-refractivity contribution in [1.82, 2.24) is 4.98 Å². The number of rotatable bonds is 0. The van der Waals surface area contributed by atoms with E-state index in [0.717, 1.165) is 14.3 Å². The quantitative estimate of drug-likeness (QED) is 0.808. The number of nitrogens with zero attached hydrogens (tertiary/aromatic N) is 1. The molecule has 0 aliphatic heterocycles. The number of phenolic OH excluding ortho intramolecular Hbond substituents is 1. The van der Waals surface area contributed by atoms with Gasteiger partial charge in [0.1, 0.15) is 11.3 Å². The van der Waals surface area contributed by atoms with Gasteiger partial charge in [-0.05, 0) is 34.1 Å². The molecule has 0 aliphatic rings. The third-order valence-electron chi connectivity index (χ3n) is 1.74. The number of phenols is 1. The predicted molar refractivity (Wildman–Crippen MR) is 58.8 cm³/mol. The molecule has 0 unspecified atom stereocenters. The van der Waals surface area contributed by atoms with Crippen LogP contribution >= 0.6 is 31.9 Å². The van der Waals surface area contributed by atoms with Gasteiger partial charge in [0, 0.05) is 20.5 Å². The maximum Gasteiger partial charge on any atom is 0.141 e. The Morgan fingerprint density at radius 1 is 1.23 bits per heavy atom. The van der Waals surface area contributed by atoms with Crippen LogP contribution in [0.4, 0.5) is 0 Å². The fourth-order valence-electron chi connectivity index (χ4n) is 1.15.